The molecule has 0 amide bonds. The predicted octanol–water partition coefficient (Wildman–Crippen LogP) is 1.57. The molecular weight excluding hydrogens is 168 g/mol. The van der Waals surface area contributed by atoms with Crippen molar-refractivity contribution in [3.05, 3.63) is 12.2 Å². The van der Waals surface area contributed by atoms with E-state index in [1.807, 2.05) is 0 Å². The Morgan fingerprint density at radius 2 is 1.92 bits per heavy atom. The molecule has 13 heavy (non-hydrogen) atoms. The zero-order chi connectivity index (χ0) is 9.68. The van der Waals surface area contributed by atoms with Crippen LogP contribution in [0.25, 0.3) is 0 Å². The molecule has 1 rings (SSSR count). The topological polar surface area (TPSA) is 57.5 Å². The maximum absolute atomic E-state index is 10.2. The highest BCUT2D eigenvalue weighted by Crippen LogP contribution is 2.26. The van der Waals surface area contributed by atoms with Crippen molar-refractivity contribution in [2.45, 2.75) is 38.2 Å². The van der Waals surface area contributed by atoms with Crippen LogP contribution in [0.15, 0.2) is 12.2 Å². The molecule has 2 N–H and O–H groups in total. The molecule has 0 aromatic rings. The molecule has 1 aliphatic rings. The summed E-state index contributed by atoms with van der Waals surface area (Å²) >= 11 is 0. The zero-order valence-corrected chi connectivity index (χ0v) is 7.65. The first-order chi connectivity index (χ1) is 6.20. The number of aliphatic hydroxyl groups is 1. The Kier molecular flexibility index (Phi) is 3.96. The van der Waals surface area contributed by atoms with E-state index in [0.717, 1.165) is 31.8 Å². The second-order valence-corrected chi connectivity index (χ2v) is 3.59. The van der Waals surface area contributed by atoms with Gasteiger partial charge in [-0.3, -0.25) is 0 Å². The van der Waals surface area contributed by atoms with Gasteiger partial charge in [0.2, 0.25) is 0 Å². The molecule has 0 aromatic carbocycles. The summed E-state index contributed by atoms with van der Waals surface area (Å²) in [5.74, 6) is -0.723. The summed E-state index contributed by atoms with van der Waals surface area (Å²) in [6.45, 7) is 0. The van der Waals surface area contributed by atoms with Gasteiger partial charge >= 0.3 is 5.97 Å². The van der Waals surface area contributed by atoms with Crippen LogP contribution in [0.5, 0.6) is 0 Å². The summed E-state index contributed by atoms with van der Waals surface area (Å²) in [7, 11) is 0. The highest BCUT2D eigenvalue weighted by atomic mass is 16.4. The van der Waals surface area contributed by atoms with E-state index in [9.17, 15) is 9.90 Å². The van der Waals surface area contributed by atoms with Gasteiger partial charge in [-0.05, 0) is 24.8 Å². The van der Waals surface area contributed by atoms with Gasteiger partial charge < -0.3 is 10.2 Å². The molecule has 1 saturated carbocycles. The maximum atomic E-state index is 10.2. The summed E-state index contributed by atoms with van der Waals surface area (Å²) in [6, 6.07) is 0. The van der Waals surface area contributed by atoms with Gasteiger partial charge in [0.1, 0.15) is 0 Å². The van der Waals surface area contributed by atoms with Gasteiger partial charge in [-0.1, -0.05) is 19.3 Å². The molecule has 0 unspecified atom stereocenters. The van der Waals surface area contributed by atoms with Crippen LogP contribution in [-0.2, 0) is 4.79 Å². The van der Waals surface area contributed by atoms with Crippen LogP contribution < -0.4 is 0 Å². The minimum absolute atomic E-state index is 0.268. The van der Waals surface area contributed by atoms with Crippen molar-refractivity contribution in [3.63, 3.8) is 0 Å². The largest absolute Gasteiger partial charge is 0.478 e. The van der Waals surface area contributed by atoms with Crippen molar-refractivity contribution in [2.24, 2.45) is 5.92 Å². The minimum Gasteiger partial charge on any atom is -0.478 e. The Morgan fingerprint density at radius 1 is 1.31 bits per heavy atom. The third-order valence-corrected chi connectivity index (χ3v) is 2.57. The molecule has 74 valence electrons. The number of carboxylic acid groups (broad SMARTS) is 1. The monoisotopic (exact) mass is 184 g/mol. The van der Waals surface area contributed by atoms with Crippen molar-refractivity contribution in [1.29, 1.82) is 0 Å². The highest BCUT2D eigenvalue weighted by Gasteiger charge is 2.19. The number of hydrogen-bond acceptors (Lipinski definition) is 2. The van der Waals surface area contributed by atoms with E-state index in [4.69, 9.17) is 5.11 Å². The third-order valence-electron chi connectivity index (χ3n) is 2.57. The molecule has 0 radical (unpaired) electrons. The van der Waals surface area contributed by atoms with Crippen LogP contribution >= 0.6 is 0 Å². The first-order valence-corrected chi connectivity index (χ1v) is 4.79. The summed E-state index contributed by atoms with van der Waals surface area (Å²) in [5.41, 5.74) is 0. The summed E-state index contributed by atoms with van der Waals surface area (Å²) < 4.78 is 0. The third kappa shape index (κ3) is 3.59. The van der Waals surface area contributed by atoms with Crippen LogP contribution in [0.4, 0.5) is 0 Å². The Hall–Kier alpha value is -0.830. The highest BCUT2D eigenvalue weighted by molar-refractivity contribution is 5.79. The predicted molar refractivity (Wildman–Crippen MR) is 49.4 cm³/mol. The lowest BCUT2D eigenvalue weighted by Gasteiger charge is -2.24. The molecule has 0 saturated heterocycles. The van der Waals surface area contributed by atoms with Crippen LogP contribution in [0.3, 0.4) is 0 Å². The smallest absolute Gasteiger partial charge is 0.328 e. The van der Waals surface area contributed by atoms with Gasteiger partial charge in [0.25, 0.3) is 0 Å². The number of aliphatic carboxylic acids is 1. The summed E-state index contributed by atoms with van der Waals surface area (Å²) in [5, 5.41) is 17.9. The molecule has 0 aliphatic heterocycles. The number of carbonyl (C=O) groups is 1. The summed E-state index contributed by atoms with van der Waals surface area (Å²) in [4.78, 5) is 10.2. The van der Waals surface area contributed by atoms with E-state index >= 15 is 0 Å². The Bertz CT molecular complexity index is 192. The van der Waals surface area contributed by atoms with Gasteiger partial charge in [-0.25, -0.2) is 4.79 Å². The summed E-state index contributed by atoms with van der Waals surface area (Å²) in [6.07, 6.45) is 7.43. The van der Waals surface area contributed by atoms with Gasteiger partial charge in [0.05, 0.1) is 6.10 Å². The van der Waals surface area contributed by atoms with Gasteiger partial charge in [0, 0.05) is 6.08 Å². The molecule has 1 aliphatic carbocycles. The second kappa shape index (κ2) is 5.02. The Labute approximate surface area is 78.1 Å². The van der Waals surface area contributed by atoms with E-state index in [-0.39, 0.29) is 5.92 Å². The van der Waals surface area contributed by atoms with Crippen molar-refractivity contribution in [3.8, 4) is 0 Å². The average molecular weight is 184 g/mol. The van der Waals surface area contributed by atoms with E-state index in [2.05, 4.69) is 0 Å². The average Bonchev–Trinajstić information content (AvgIpc) is 2.15. The lowest BCUT2D eigenvalue weighted by Crippen LogP contribution is -2.20. The number of hydrogen-bond donors (Lipinski definition) is 2. The number of rotatable bonds is 3. The lowest BCUT2D eigenvalue weighted by atomic mass is 9.85. The van der Waals surface area contributed by atoms with Crippen molar-refractivity contribution in [1.82, 2.24) is 0 Å². The van der Waals surface area contributed by atoms with Crippen molar-refractivity contribution in [2.75, 3.05) is 0 Å². The number of aliphatic hydroxyl groups excluding tert-OH is 1. The standard InChI is InChI=1S/C10H16O3/c11-9(6-7-10(12)13)8-4-2-1-3-5-8/h6-9,11H,1-5H2,(H,12,13)/b7-6+/t9-/m0/s1. The first kappa shape index (κ1) is 10.3. The van der Waals surface area contributed by atoms with E-state index in [0.29, 0.717) is 0 Å². The Balaban J connectivity index is 2.36. The van der Waals surface area contributed by atoms with Gasteiger partial charge in [0.15, 0.2) is 0 Å². The fourth-order valence-electron chi connectivity index (χ4n) is 1.81. The molecule has 0 bridgehead atoms. The fraction of sp³-hybridized carbons (Fsp3) is 0.700. The maximum Gasteiger partial charge on any atom is 0.328 e. The quantitative estimate of drug-likeness (QED) is 0.654. The van der Waals surface area contributed by atoms with Crippen molar-refractivity contribution < 1.29 is 15.0 Å². The van der Waals surface area contributed by atoms with Crippen LogP contribution in [0, 0.1) is 5.92 Å². The van der Waals surface area contributed by atoms with Crippen LogP contribution in [0.2, 0.25) is 0 Å². The minimum atomic E-state index is -0.991. The van der Waals surface area contributed by atoms with E-state index in [1.54, 1.807) is 0 Å². The second-order valence-electron chi connectivity index (χ2n) is 3.59. The van der Waals surface area contributed by atoms with Crippen LogP contribution in [0.1, 0.15) is 32.1 Å². The molecule has 1 atom stereocenters. The first-order valence-electron chi connectivity index (χ1n) is 4.79. The Morgan fingerprint density at radius 3 is 2.46 bits per heavy atom. The molecule has 0 spiro atoms. The zero-order valence-electron chi connectivity index (χ0n) is 7.65. The molecule has 0 aromatic heterocycles. The SMILES string of the molecule is O=C(O)/C=C/[C@H](O)C1CCCCC1. The van der Waals surface area contributed by atoms with E-state index < -0.39 is 12.1 Å². The number of carboxylic acids is 1. The van der Waals surface area contributed by atoms with Gasteiger partial charge in [-0.15, -0.1) is 0 Å². The van der Waals surface area contributed by atoms with Crippen molar-refractivity contribution >= 4 is 5.97 Å². The normalized spacial score (nSPS) is 21.9. The van der Waals surface area contributed by atoms with Crippen LogP contribution in [-0.4, -0.2) is 22.3 Å². The molecule has 0 heterocycles. The lowest BCUT2D eigenvalue weighted by molar-refractivity contribution is -0.131. The van der Waals surface area contributed by atoms with E-state index in [1.165, 1.54) is 12.5 Å². The molecule has 1 fully saturated rings. The molecule has 3 heteroatoms. The molecule has 3 nitrogen and oxygen atoms in total. The van der Waals surface area contributed by atoms with Gasteiger partial charge in [-0.2, -0.15) is 0 Å². The fourth-order valence-corrected chi connectivity index (χ4v) is 1.81. The molecular formula is C10H16O3.